The lowest BCUT2D eigenvalue weighted by molar-refractivity contribution is -0.136. The van der Waals surface area contributed by atoms with Crippen LogP contribution in [0.15, 0.2) is 24.3 Å². The summed E-state index contributed by atoms with van der Waals surface area (Å²) in [5, 5.41) is 11.6. The Bertz CT molecular complexity index is 511. The molecule has 1 saturated heterocycles. The Balaban J connectivity index is 1.98. The molecule has 2 amide bonds. The normalized spacial score (nSPS) is 15.8. The van der Waals surface area contributed by atoms with Gasteiger partial charge in [-0.2, -0.15) is 0 Å². The lowest BCUT2D eigenvalue weighted by atomic mass is 10.1. The number of nitrogens with one attached hydrogen (secondary N) is 1. The highest BCUT2D eigenvalue weighted by molar-refractivity contribution is 5.90. The summed E-state index contributed by atoms with van der Waals surface area (Å²) < 4.78 is 0. The van der Waals surface area contributed by atoms with Gasteiger partial charge in [0.05, 0.1) is 0 Å². The van der Waals surface area contributed by atoms with Crippen molar-refractivity contribution >= 4 is 17.7 Å². The summed E-state index contributed by atoms with van der Waals surface area (Å²) in [5.74, 6) is -0.846. The van der Waals surface area contributed by atoms with Crippen molar-refractivity contribution in [3.63, 3.8) is 0 Å². The van der Waals surface area contributed by atoms with Crippen molar-refractivity contribution < 1.29 is 14.7 Å². The summed E-state index contributed by atoms with van der Waals surface area (Å²) in [7, 11) is 0. The largest absolute Gasteiger partial charge is 0.481 e. The highest BCUT2D eigenvalue weighted by atomic mass is 16.4. The van der Waals surface area contributed by atoms with Crippen LogP contribution in [-0.2, 0) is 11.2 Å². The number of carbonyl (C=O) groups is 2. The number of benzene rings is 1. The number of piperidine rings is 1. The van der Waals surface area contributed by atoms with Gasteiger partial charge in [-0.15, -0.1) is 0 Å². The van der Waals surface area contributed by atoms with Crippen LogP contribution in [0.3, 0.4) is 0 Å². The molecule has 0 saturated carbocycles. The summed E-state index contributed by atoms with van der Waals surface area (Å²) in [5.41, 5.74) is 7.34. The first kappa shape index (κ1) is 15.3. The minimum absolute atomic E-state index is 0.0471. The zero-order valence-electron chi connectivity index (χ0n) is 11.9. The van der Waals surface area contributed by atoms with Crippen molar-refractivity contribution in [1.82, 2.24) is 4.90 Å². The number of rotatable bonds is 4. The van der Waals surface area contributed by atoms with Gasteiger partial charge in [0.2, 0.25) is 0 Å². The molecule has 0 aromatic heterocycles. The van der Waals surface area contributed by atoms with E-state index in [2.05, 4.69) is 5.32 Å². The molecule has 1 aliphatic rings. The molecule has 4 N–H and O–H groups in total. The third kappa shape index (κ3) is 4.46. The van der Waals surface area contributed by atoms with Gasteiger partial charge in [-0.25, -0.2) is 4.79 Å². The quantitative estimate of drug-likeness (QED) is 0.786. The van der Waals surface area contributed by atoms with Crippen LogP contribution in [0.4, 0.5) is 10.5 Å². The fourth-order valence-electron chi connectivity index (χ4n) is 2.40. The summed E-state index contributed by atoms with van der Waals surface area (Å²) in [6.45, 7) is 1.31. The second kappa shape index (κ2) is 7.08. The van der Waals surface area contributed by atoms with Crippen molar-refractivity contribution in [1.29, 1.82) is 0 Å². The number of aryl methyl sites for hydroxylation is 1. The van der Waals surface area contributed by atoms with Gasteiger partial charge >= 0.3 is 12.0 Å². The number of nitrogens with two attached hydrogens (primary N) is 1. The Labute approximate surface area is 123 Å². The number of hydrogen-bond acceptors (Lipinski definition) is 3. The van der Waals surface area contributed by atoms with E-state index < -0.39 is 5.97 Å². The summed E-state index contributed by atoms with van der Waals surface area (Å²) in [4.78, 5) is 24.6. The fourth-order valence-corrected chi connectivity index (χ4v) is 2.40. The molecule has 0 aliphatic carbocycles. The van der Waals surface area contributed by atoms with E-state index in [4.69, 9.17) is 10.8 Å². The molecule has 1 fully saturated rings. The molecule has 0 bridgehead atoms. The number of likely N-dealkylation sites (tertiary alicyclic amines) is 1. The maximum atomic E-state index is 12.2. The number of nitrogens with zero attached hydrogens (tertiary/aromatic N) is 1. The maximum absolute atomic E-state index is 12.2. The molecule has 21 heavy (non-hydrogen) atoms. The molecule has 1 aromatic carbocycles. The molecular weight excluding hydrogens is 270 g/mol. The molecule has 1 aliphatic heterocycles. The summed E-state index contributed by atoms with van der Waals surface area (Å²) in [6, 6.07) is 7.33. The standard InChI is InChI=1S/C15H21N3O3/c16-12-7-9-18(10-8-12)15(21)17-13-4-2-1-3-11(13)5-6-14(19)20/h1-4,12H,5-10,16H2,(H,17,21)(H,19,20). The maximum Gasteiger partial charge on any atom is 0.321 e. The zero-order valence-corrected chi connectivity index (χ0v) is 11.9. The predicted octanol–water partition coefficient (Wildman–Crippen LogP) is 1.66. The van der Waals surface area contributed by atoms with Crippen LogP contribution in [0.5, 0.6) is 0 Å². The van der Waals surface area contributed by atoms with Gasteiger partial charge in [0.15, 0.2) is 0 Å². The van der Waals surface area contributed by atoms with Crippen molar-refractivity contribution in [2.45, 2.75) is 31.7 Å². The first-order chi connectivity index (χ1) is 10.1. The van der Waals surface area contributed by atoms with Crippen molar-refractivity contribution in [2.24, 2.45) is 5.73 Å². The average Bonchev–Trinajstić information content (AvgIpc) is 2.47. The molecule has 0 unspecified atom stereocenters. The minimum atomic E-state index is -0.846. The number of carboxylic acids is 1. The number of anilines is 1. The Morgan fingerprint density at radius 2 is 1.95 bits per heavy atom. The molecule has 6 heteroatoms. The van der Waals surface area contributed by atoms with Gasteiger partial charge < -0.3 is 21.1 Å². The van der Waals surface area contributed by atoms with E-state index in [0.717, 1.165) is 18.4 Å². The number of urea groups is 1. The van der Waals surface area contributed by atoms with Crippen molar-refractivity contribution in [3.05, 3.63) is 29.8 Å². The zero-order chi connectivity index (χ0) is 15.2. The van der Waals surface area contributed by atoms with E-state index in [0.29, 0.717) is 25.2 Å². The van der Waals surface area contributed by atoms with Gasteiger partial charge in [-0.05, 0) is 30.9 Å². The Hall–Kier alpha value is -2.08. The third-order valence-corrected chi connectivity index (χ3v) is 3.69. The van der Waals surface area contributed by atoms with Crippen LogP contribution in [0.2, 0.25) is 0 Å². The van der Waals surface area contributed by atoms with Crippen molar-refractivity contribution in [2.75, 3.05) is 18.4 Å². The first-order valence-electron chi connectivity index (χ1n) is 7.17. The lowest BCUT2D eigenvalue weighted by Crippen LogP contribution is -2.44. The number of carboxylic acid groups (broad SMARTS) is 1. The van der Waals surface area contributed by atoms with Crippen molar-refractivity contribution in [3.8, 4) is 0 Å². The molecule has 0 atom stereocenters. The third-order valence-electron chi connectivity index (χ3n) is 3.69. The van der Waals surface area contributed by atoms with E-state index in [1.807, 2.05) is 18.2 Å². The van der Waals surface area contributed by atoms with E-state index >= 15 is 0 Å². The fraction of sp³-hybridized carbons (Fsp3) is 0.467. The smallest absolute Gasteiger partial charge is 0.321 e. The van der Waals surface area contributed by atoms with Crippen LogP contribution >= 0.6 is 0 Å². The Kier molecular flexibility index (Phi) is 5.16. The minimum Gasteiger partial charge on any atom is -0.481 e. The van der Waals surface area contributed by atoms with Crippen LogP contribution < -0.4 is 11.1 Å². The van der Waals surface area contributed by atoms with Crippen LogP contribution in [0.25, 0.3) is 0 Å². The highest BCUT2D eigenvalue weighted by Crippen LogP contribution is 2.18. The number of amides is 2. The van der Waals surface area contributed by atoms with E-state index in [1.165, 1.54) is 0 Å². The predicted molar refractivity (Wildman–Crippen MR) is 80.2 cm³/mol. The van der Waals surface area contributed by atoms with Gasteiger partial charge in [0.1, 0.15) is 0 Å². The topological polar surface area (TPSA) is 95.7 Å². The number of carbonyl (C=O) groups excluding carboxylic acids is 1. The molecule has 1 aromatic rings. The van der Waals surface area contributed by atoms with E-state index in [1.54, 1.807) is 11.0 Å². The van der Waals surface area contributed by atoms with Crippen LogP contribution in [0, 0.1) is 0 Å². The second-order valence-electron chi connectivity index (χ2n) is 5.31. The number of aliphatic carboxylic acids is 1. The first-order valence-corrected chi connectivity index (χ1v) is 7.17. The monoisotopic (exact) mass is 291 g/mol. The summed E-state index contributed by atoms with van der Waals surface area (Å²) >= 11 is 0. The van der Waals surface area contributed by atoms with E-state index in [9.17, 15) is 9.59 Å². The number of hydrogen-bond donors (Lipinski definition) is 3. The highest BCUT2D eigenvalue weighted by Gasteiger charge is 2.21. The van der Waals surface area contributed by atoms with Gasteiger partial charge in [-0.1, -0.05) is 18.2 Å². The summed E-state index contributed by atoms with van der Waals surface area (Å²) in [6.07, 6.45) is 2.07. The van der Waals surface area contributed by atoms with Crippen LogP contribution in [-0.4, -0.2) is 41.1 Å². The molecule has 0 radical (unpaired) electrons. The number of para-hydroxylation sites is 1. The van der Waals surface area contributed by atoms with Gasteiger partial charge in [-0.3, -0.25) is 4.79 Å². The Morgan fingerprint density at radius 1 is 1.29 bits per heavy atom. The molecular formula is C15H21N3O3. The average molecular weight is 291 g/mol. The van der Waals surface area contributed by atoms with Gasteiger partial charge in [0.25, 0.3) is 0 Å². The Morgan fingerprint density at radius 3 is 2.62 bits per heavy atom. The van der Waals surface area contributed by atoms with Gasteiger partial charge in [0, 0.05) is 31.2 Å². The lowest BCUT2D eigenvalue weighted by Gasteiger charge is -2.30. The second-order valence-corrected chi connectivity index (χ2v) is 5.31. The van der Waals surface area contributed by atoms with E-state index in [-0.39, 0.29) is 18.5 Å². The SMILES string of the molecule is NC1CCN(C(=O)Nc2ccccc2CCC(=O)O)CC1. The molecule has 0 spiro atoms. The van der Waals surface area contributed by atoms with Crippen LogP contribution in [0.1, 0.15) is 24.8 Å². The molecule has 6 nitrogen and oxygen atoms in total. The molecule has 114 valence electrons. The molecule has 2 rings (SSSR count). The molecule has 1 heterocycles.